The summed E-state index contributed by atoms with van der Waals surface area (Å²) in [5.74, 6) is 0.298. The van der Waals surface area contributed by atoms with E-state index in [1.54, 1.807) is 11.1 Å². The van der Waals surface area contributed by atoms with Crippen LogP contribution in [0.2, 0.25) is 0 Å². The predicted molar refractivity (Wildman–Crippen MR) is 115 cm³/mol. The molecule has 1 aromatic carbocycles. The van der Waals surface area contributed by atoms with Crippen molar-refractivity contribution in [2.24, 2.45) is 0 Å². The Bertz CT molecular complexity index is 1050. The Kier molecular flexibility index (Phi) is 6.01. The van der Waals surface area contributed by atoms with Crippen LogP contribution in [0.25, 0.3) is 21.5 Å². The number of fused-ring (bicyclic) bond motifs is 1. The van der Waals surface area contributed by atoms with Gasteiger partial charge in [0, 0.05) is 35.8 Å². The summed E-state index contributed by atoms with van der Waals surface area (Å²) in [5, 5.41) is 14.1. The molecule has 0 spiro atoms. The minimum Gasteiger partial charge on any atom is -0.339 e. The molecule has 0 bridgehead atoms. The normalized spacial score (nSPS) is 19.6. The summed E-state index contributed by atoms with van der Waals surface area (Å²) in [7, 11) is 0. The van der Waals surface area contributed by atoms with Gasteiger partial charge in [-0.3, -0.25) is 4.79 Å². The average molecular weight is 429 g/mol. The standard InChI is InChI=1S/C21H25FN6OS/c1-12(2)24-17-6-7-28(11-16(17)22)20(29)9-19-23-10-15-5-4-14(8-18(15)25-19)21-27-26-13(3)30-21/h4-5,8,10,12,16-17,24H,6-7,9,11H2,1-3H3/t16-,17-/m1/s1. The van der Waals surface area contributed by atoms with E-state index in [-0.39, 0.29) is 31.0 Å². The highest BCUT2D eigenvalue weighted by Crippen LogP contribution is 2.26. The number of nitrogens with zero attached hydrogens (tertiary/aromatic N) is 5. The van der Waals surface area contributed by atoms with Gasteiger partial charge >= 0.3 is 0 Å². The Morgan fingerprint density at radius 3 is 2.90 bits per heavy atom. The number of halogens is 1. The third-order valence-electron chi connectivity index (χ3n) is 5.16. The van der Waals surface area contributed by atoms with E-state index in [2.05, 4.69) is 25.5 Å². The number of hydrogen-bond donors (Lipinski definition) is 1. The van der Waals surface area contributed by atoms with Gasteiger partial charge in [-0.2, -0.15) is 0 Å². The number of carbonyl (C=O) groups is 1. The molecule has 3 heterocycles. The number of likely N-dealkylation sites (tertiary alicyclic amines) is 1. The molecule has 7 nitrogen and oxygen atoms in total. The van der Waals surface area contributed by atoms with E-state index < -0.39 is 6.17 Å². The maximum absolute atomic E-state index is 14.5. The van der Waals surface area contributed by atoms with Crippen molar-refractivity contribution in [2.45, 2.75) is 51.9 Å². The van der Waals surface area contributed by atoms with Gasteiger partial charge in [-0.05, 0) is 19.4 Å². The average Bonchev–Trinajstić information content (AvgIpc) is 3.15. The summed E-state index contributed by atoms with van der Waals surface area (Å²) < 4.78 is 14.5. The van der Waals surface area contributed by atoms with Crippen molar-refractivity contribution in [3.05, 3.63) is 35.2 Å². The van der Waals surface area contributed by atoms with E-state index in [1.165, 1.54) is 11.3 Å². The minimum absolute atomic E-state index is 0.0626. The van der Waals surface area contributed by atoms with E-state index in [4.69, 9.17) is 0 Å². The van der Waals surface area contributed by atoms with Crippen LogP contribution in [0.4, 0.5) is 4.39 Å². The van der Waals surface area contributed by atoms with Crippen molar-refractivity contribution in [3.63, 3.8) is 0 Å². The van der Waals surface area contributed by atoms with Crippen molar-refractivity contribution in [1.29, 1.82) is 0 Å². The Morgan fingerprint density at radius 1 is 1.37 bits per heavy atom. The van der Waals surface area contributed by atoms with Gasteiger partial charge in [0.1, 0.15) is 22.0 Å². The highest BCUT2D eigenvalue weighted by Gasteiger charge is 2.31. The van der Waals surface area contributed by atoms with Crippen LogP contribution >= 0.6 is 11.3 Å². The van der Waals surface area contributed by atoms with Gasteiger partial charge in [0.25, 0.3) is 0 Å². The van der Waals surface area contributed by atoms with E-state index in [1.807, 2.05) is 39.0 Å². The maximum Gasteiger partial charge on any atom is 0.230 e. The van der Waals surface area contributed by atoms with Crippen molar-refractivity contribution in [3.8, 4) is 10.6 Å². The first-order valence-electron chi connectivity index (χ1n) is 10.1. The number of alkyl halides is 1. The number of piperidine rings is 1. The molecule has 0 aliphatic carbocycles. The lowest BCUT2D eigenvalue weighted by Gasteiger charge is -2.36. The summed E-state index contributed by atoms with van der Waals surface area (Å²) in [6.45, 7) is 6.56. The molecular formula is C21H25FN6OS. The summed E-state index contributed by atoms with van der Waals surface area (Å²) in [4.78, 5) is 23.2. The molecule has 158 valence electrons. The van der Waals surface area contributed by atoms with Gasteiger partial charge < -0.3 is 10.2 Å². The van der Waals surface area contributed by atoms with Crippen LogP contribution in [0.3, 0.4) is 0 Å². The fourth-order valence-electron chi connectivity index (χ4n) is 3.69. The van der Waals surface area contributed by atoms with Crippen LogP contribution in [0, 0.1) is 6.92 Å². The summed E-state index contributed by atoms with van der Waals surface area (Å²) >= 11 is 1.52. The Morgan fingerprint density at radius 2 is 2.20 bits per heavy atom. The van der Waals surface area contributed by atoms with Gasteiger partial charge in [-0.1, -0.05) is 37.3 Å². The number of rotatable bonds is 5. The molecule has 1 N–H and O–H groups in total. The number of hydrogen-bond acceptors (Lipinski definition) is 7. The molecule has 1 aliphatic rings. The van der Waals surface area contributed by atoms with Crippen LogP contribution in [0.5, 0.6) is 0 Å². The van der Waals surface area contributed by atoms with Gasteiger partial charge in [0.15, 0.2) is 0 Å². The lowest BCUT2D eigenvalue weighted by atomic mass is 10.0. The van der Waals surface area contributed by atoms with Gasteiger partial charge in [0.2, 0.25) is 5.91 Å². The van der Waals surface area contributed by atoms with Crippen LogP contribution in [-0.4, -0.2) is 62.3 Å². The van der Waals surface area contributed by atoms with Gasteiger partial charge in [-0.15, -0.1) is 10.2 Å². The number of nitrogens with one attached hydrogen (secondary N) is 1. The van der Waals surface area contributed by atoms with Crippen molar-refractivity contribution < 1.29 is 9.18 Å². The number of aromatic nitrogens is 4. The fourth-order valence-corrected chi connectivity index (χ4v) is 4.38. The Labute approximate surface area is 178 Å². The van der Waals surface area contributed by atoms with Crippen LogP contribution in [-0.2, 0) is 11.2 Å². The zero-order valence-corrected chi connectivity index (χ0v) is 18.1. The topological polar surface area (TPSA) is 83.9 Å². The number of benzene rings is 1. The molecule has 30 heavy (non-hydrogen) atoms. The fraction of sp³-hybridized carbons (Fsp3) is 0.476. The van der Waals surface area contributed by atoms with Crippen molar-refractivity contribution in [1.82, 2.24) is 30.4 Å². The maximum atomic E-state index is 14.5. The molecule has 1 saturated heterocycles. The molecule has 2 atom stereocenters. The lowest BCUT2D eigenvalue weighted by Crippen LogP contribution is -2.54. The van der Waals surface area contributed by atoms with Crippen LogP contribution in [0.15, 0.2) is 24.4 Å². The van der Waals surface area contributed by atoms with Gasteiger partial charge in [0.05, 0.1) is 18.5 Å². The molecule has 3 aromatic rings. The molecule has 4 rings (SSSR count). The number of amides is 1. The monoisotopic (exact) mass is 428 g/mol. The molecular weight excluding hydrogens is 403 g/mol. The van der Waals surface area contributed by atoms with E-state index in [9.17, 15) is 9.18 Å². The first-order valence-corrected chi connectivity index (χ1v) is 10.9. The van der Waals surface area contributed by atoms with Crippen molar-refractivity contribution in [2.75, 3.05) is 13.1 Å². The highest BCUT2D eigenvalue weighted by atomic mass is 32.1. The Hall–Kier alpha value is -2.52. The van der Waals surface area contributed by atoms with E-state index in [0.717, 1.165) is 26.5 Å². The summed E-state index contributed by atoms with van der Waals surface area (Å²) in [6, 6.07) is 5.86. The third-order valence-corrected chi connectivity index (χ3v) is 6.04. The second kappa shape index (κ2) is 8.69. The highest BCUT2D eigenvalue weighted by molar-refractivity contribution is 7.14. The molecule has 2 aromatic heterocycles. The smallest absolute Gasteiger partial charge is 0.230 e. The SMILES string of the molecule is Cc1nnc(-c2ccc3cnc(CC(=O)N4CC[C@@H](NC(C)C)[C@H](F)C4)nc3c2)s1. The lowest BCUT2D eigenvalue weighted by molar-refractivity contribution is -0.133. The Balaban J connectivity index is 1.46. The predicted octanol–water partition coefficient (Wildman–Crippen LogP) is 2.94. The molecule has 0 saturated carbocycles. The molecule has 1 amide bonds. The molecule has 0 radical (unpaired) electrons. The molecule has 9 heteroatoms. The molecule has 1 aliphatic heterocycles. The van der Waals surface area contributed by atoms with Crippen LogP contribution in [0.1, 0.15) is 31.1 Å². The zero-order chi connectivity index (χ0) is 21.3. The third kappa shape index (κ3) is 4.62. The number of aryl methyl sites for hydroxylation is 1. The van der Waals surface area contributed by atoms with Crippen molar-refractivity contribution >= 4 is 28.1 Å². The minimum atomic E-state index is -1.07. The largest absolute Gasteiger partial charge is 0.339 e. The molecule has 1 fully saturated rings. The second-order valence-electron chi connectivity index (χ2n) is 7.94. The first kappa shape index (κ1) is 20.7. The van der Waals surface area contributed by atoms with Crippen LogP contribution < -0.4 is 5.32 Å². The summed E-state index contributed by atoms with van der Waals surface area (Å²) in [6.07, 6.45) is 1.32. The first-order chi connectivity index (χ1) is 14.4. The van der Waals surface area contributed by atoms with E-state index in [0.29, 0.717) is 18.8 Å². The number of carbonyl (C=O) groups excluding carboxylic acids is 1. The van der Waals surface area contributed by atoms with E-state index >= 15 is 0 Å². The second-order valence-corrected chi connectivity index (χ2v) is 9.12. The molecule has 0 unspecified atom stereocenters. The quantitative estimate of drug-likeness (QED) is 0.673. The zero-order valence-electron chi connectivity index (χ0n) is 17.3. The van der Waals surface area contributed by atoms with Gasteiger partial charge in [-0.25, -0.2) is 14.4 Å². The summed E-state index contributed by atoms with van der Waals surface area (Å²) in [5.41, 5.74) is 1.69.